The minimum Gasteiger partial charge on any atom is -0.468 e. The van der Waals surface area contributed by atoms with E-state index >= 15 is 0 Å². The second-order valence-corrected chi connectivity index (χ2v) is 8.04. The minimum absolute atomic E-state index is 0. The Morgan fingerprint density at radius 3 is 2.46 bits per heavy atom. The number of hydrogen-bond donors (Lipinski definition) is 2. The zero-order valence-electron chi connectivity index (χ0n) is 17.7. The Balaban J connectivity index is 0.00000280. The van der Waals surface area contributed by atoms with E-state index in [0.29, 0.717) is 12.1 Å². The molecule has 3 heterocycles. The Morgan fingerprint density at radius 2 is 1.89 bits per heavy atom. The van der Waals surface area contributed by atoms with Crippen LogP contribution in [0, 0.1) is 0 Å². The van der Waals surface area contributed by atoms with Crippen LogP contribution in [0.2, 0.25) is 0 Å². The Labute approximate surface area is 187 Å². The number of piperidine rings is 1. The summed E-state index contributed by atoms with van der Waals surface area (Å²) in [6.45, 7) is 12.9. The van der Waals surface area contributed by atoms with Crippen LogP contribution in [0.4, 0.5) is 0 Å². The molecule has 0 radical (unpaired) electrons. The number of rotatable bonds is 7. The lowest BCUT2D eigenvalue weighted by Crippen LogP contribution is -2.50. The van der Waals surface area contributed by atoms with Gasteiger partial charge in [-0.3, -0.25) is 9.89 Å². The third-order valence-corrected chi connectivity index (χ3v) is 5.82. The summed E-state index contributed by atoms with van der Waals surface area (Å²) in [7, 11) is 0. The number of nitrogens with one attached hydrogen (secondary N) is 2. The van der Waals surface area contributed by atoms with E-state index in [2.05, 4.69) is 47.3 Å². The summed E-state index contributed by atoms with van der Waals surface area (Å²) in [6, 6.07) is 5.45. The van der Waals surface area contributed by atoms with E-state index < -0.39 is 0 Å². The van der Waals surface area contributed by atoms with Gasteiger partial charge in [-0.25, -0.2) is 0 Å². The summed E-state index contributed by atoms with van der Waals surface area (Å²) in [5, 5.41) is 7.10. The Kier molecular flexibility index (Phi) is 10.1. The van der Waals surface area contributed by atoms with E-state index in [-0.39, 0.29) is 30.0 Å². The third-order valence-electron chi connectivity index (χ3n) is 5.82. The maximum atomic E-state index is 5.73. The highest BCUT2D eigenvalue weighted by Gasteiger charge is 2.26. The molecule has 2 fully saturated rings. The fourth-order valence-electron chi connectivity index (χ4n) is 4.17. The summed E-state index contributed by atoms with van der Waals surface area (Å²) >= 11 is 0. The van der Waals surface area contributed by atoms with E-state index in [1.54, 1.807) is 6.26 Å². The molecule has 2 aliphatic rings. The van der Waals surface area contributed by atoms with Gasteiger partial charge < -0.3 is 20.0 Å². The van der Waals surface area contributed by atoms with Crippen LogP contribution in [-0.2, 0) is 0 Å². The molecule has 0 aliphatic carbocycles. The van der Waals surface area contributed by atoms with Crippen molar-refractivity contribution in [1.29, 1.82) is 0 Å². The van der Waals surface area contributed by atoms with Crippen LogP contribution in [-0.4, -0.2) is 67.1 Å². The van der Waals surface area contributed by atoms with Gasteiger partial charge in [0.25, 0.3) is 0 Å². The second-order valence-electron chi connectivity index (χ2n) is 8.04. The van der Waals surface area contributed by atoms with Crippen molar-refractivity contribution >= 4 is 29.9 Å². The highest BCUT2D eigenvalue weighted by atomic mass is 127. The van der Waals surface area contributed by atoms with Crippen molar-refractivity contribution in [1.82, 2.24) is 20.4 Å². The van der Waals surface area contributed by atoms with Gasteiger partial charge in [-0.1, -0.05) is 0 Å². The molecule has 1 unspecified atom stereocenters. The van der Waals surface area contributed by atoms with E-state index in [4.69, 9.17) is 9.41 Å². The number of likely N-dealkylation sites (tertiary alicyclic amines) is 2. The molecule has 160 valence electrons. The van der Waals surface area contributed by atoms with Gasteiger partial charge >= 0.3 is 0 Å². The third kappa shape index (κ3) is 6.62. The first-order valence-electron chi connectivity index (χ1n) is 10.7. The average molecular weight is 503 g/mol. The van der Waals surface area contributed by atoms with Gasteiger partial charge in [0.2, 0.25) is 0 Å². The SMILES string of the molecule is CCNC(=NCC(c1ccco1)N1CCCC1)NC1CCN(C(C)C)CC1.I. The van der Waals surface area contributed by atoms with Gasteiger partial charge in [0.05, 0.1) is 18.8 Å². The highest BCUT2D eigenvalue weighted by molar-refractivity contribution is 14.0. The molecule has 28 heavy (non-hydrogen) atoms. The van der Waals surface area contributed by atoms with Crippen molar-refractivity contribution in [3.05, 3.63) is 24.2 Å². The number of hydrogen-bond acceptors (Lipinski definition) is 4. The van der Waals surface area contributed by atoms with Crippen LogP contribution in [0.1, 0.15) is 58.3 Å². The summed E-state index contributed by atoms with van der Waals surface area (Å²) in [4.78, 5) is 10.0. The molecule has 1 atom stereocenters. The van der Waals surface area contributed by atoms with Crippen LogP contribution >= 0.6 is 24.0 Å². The van der Waals surface area contributed by atoms with Crippen molar-refractivity contribution in [2.45, 2.75) is 64.6 Å². The van der Waals surface area contributed by atoms with E-state index in [1.807, 2.05) is 6.07 Å². The van der Waals surface area contributed by atoms with Gasteiger partial charge in [0, 0.05) is 31.7 Å². The van der Waals surface area contributed by atoms with Crippen LogP contribution in [0.25, 0.3) is 0 Å². The zero-order chi connectivity index (χ0) is 19.1. The van der Waals surface area contributed by atoms with Gasteiger partial charge in [-0.15, -0.1) is 24.0 Å². The molecule has 2 aliphatic heterocycles. The molecule has 0 saturated carbocycles. The molecule has 0 bridgehead atoms. The number of furan rings is 1. The molecule has 2 N–H and O–H groups in total. The summed E-state index contributed by atoms with van der Waals surface area (Å²) < 4.78 is 5.73. The van der Waals surface area contributed by atoms with Crippen LogP contribution < -0.4 is 10.6 Å². The number of halogens is 1. The summed E-state index contributed by atoms with van der Waals surface area (Å²) in [5.74, 6) is 1.97. The quantitative estimate of drug-likeness (QED) is 0.339. The molecular weight excluding hydrogens is 465 g/mol. The predicted octanol–water partition coefficient (Wildman–Crippen LogP) is 3.46. The molecule has 6 nitrogen and oxygen atoms in total. The minimum atomic E-state index is 0. The van der Waals surface area contributed by atoms with Gasteiger partial charge in [-0.2, -0.15) is 0 Å². The standard InChI is InChI=1S/C21H37N5O.HI/c1-4-22-21(24-18-9-13-25(14-10-18)17(2)3)23-16-19(20-8-7-15-27-20)26-11-5-6-12-26;/h7-8,15,17-19H,4-6,9-14,16H2,1-3H3,(H2,22,23,24);1H. The maximum Gasteiger partial charge on any atom is 0.191 e. The molecule has 0 amide bonds. The van der Waals surface area contributed by atoms with Crippen LogP contribution in [0.5, 0.6) is 0 Å². The van der Waals surface area contributed by atoms with E-state index in [9.17, 15) is 0 Å². The second kappa shape index (κ2) is 12.0. The van der Waals surface area contributed by atoms with Crippen molar-refractivity contribution in [3.63, 3.8) is 0 Å². The molecule has 3 rings (SSSR count). The molecule has 2 saturated heterocycles. The molecule has 0 spiro atoms. The predicted molar refractivity (Wildman–Crippen MR) is 127 cm³/mol. The zero-order valence-corrected chi connectivity index (χ0v) is 20.0. The Bertz CT molecular complexity index is 563. The Morgan fingerprint density at radius 1 is 1.18 bits per heavy atom. The van der Waals surface area contributed by atoms with Gasteiger partial charge in [-0.05, 0) is 71.7 Å². The normalized spacial score (nSPS) is 20.9. The molecule has 1 aromatic rings. The first-order valence-corrected chi connectivity index (χ1v) is 10.7. The monoisotopic (exact) mass is 503 g/mol. The number of guanidine groups is 1. The lowest BCUT2D eigenvalue weighted by molar-refractivity contribution is 0.167. The molecule has 7 heteroatoms. The smallest absolute Gasteiger partial charge is 0.191 e. The number of aliphatic imine (C=N–C) groups is 1. The van der Waals surface area contributed by atoms with Gasteiger partial charge in [0.15, 0.2) is 5.96 Å². The van der Waals surface area contributed by atoms with Crippen molar-refractivity contribution in [2.75, 3.05) is 39.3 Å². The topological polar surface area (TPSA) is 56.0 Å². The first-order chi connectivity index (χ1) is 13.2. The molecular formula is C21H38IN5O. The number of nitrogens with zero attached hydrogens (tertiary/aromatic N) is 3. The fraction of sp³-hybridized carbons (Fsp3) is 0.762. The van der Waals surface area contributed by atoms with E-state index in [1.165, 1.54) is 25.7 Å². The maximum absolute atomic E-state index is 5.73. The van der Waals surface area contributed by atoms with E-state index in [0.717, 1.165) is 51.0 Å². The van der Waals surface area contributed by atoms with Crippen molar-refractivity contribution in [3.8, 4) is 0 Å². The van der Waals surface area contributed by atoms with Crippen molar-refractivity contribution < 1.29 is 4.42 Å². The van der Waals surface area contributed by atoms with Gasteiger partial charge in [0.1, 0.15) is 5.76 Å². The molecule has 1 aromatic heterocycles. The van der Waals surface area contributed by atoms with Crippen LogP contribution in [0.15, 0.2) is 27.8 Å². The molecule has 0 aromatic carbocycles. The summed E-state index contributed by atoms with van der Waals surface area (Å²) in [5.41, 5.74) is 0. The van der Waals surface area contributed by atoms with Crippen molar-refractivity contribution in [2.24, 2.45) is 4.99 Å². The lowest BCUT2D eigenvalue weighted by atomic mass is 10.0. The fourth-order valence-corrected chi connectivity index (χ4v) is 4.17. The largest absolute Gasteiger partial charge is 0.468 e. The van der Waals surface area contributed by atoms with Crippen LogP contribution in [0.3, 0.4) is 0 Å². The highest BCUT2D eigenvalue weighted by Crippen LogP contribution is 2.25. The first kappa shape index (κ1) is 23.5. The average Bonchev–Trinajstić information content (AvgIpc) is 3.37. The summed E-state index contributed by atoms with van der Waals surface area (Å²) in [6.07, 6.45) is 6.67. The Hall–Kier alpha value is -0.800. The lowest BCUT2D eigenvalue weighted by Gasteiger charge is -2.35.